The lowest BCUT2D eigenvalue weighted by Crippen LogP contribution is -2.43. The van der Waals surface area contributed by atoms with Crippen molar-refractivity contribution in [3.05, 3.63) is 41.4 Å². The van der Waals surface area contributed by atoms with E-state index in [9.17, 15) is 18.0 Å². The minimum atomic E-state index is -3.68. The molecule has 0 saturated carbocycles. The largest absolute Gasteiger partial charge is 0.327 e. The predicted molar refractivity (Wildman–Crippen MR) is 118 cm³/mol. The summed E-state index contributed by atoms with van der Waals surface area (Å²) in [6, 6.07) is 5.51. The second-order valence-electron chi connectivity index (χ2n) is 7.97. The lowest BCUT2D eigenvalue weighted by atomic mass is 10.1. The number of anilines is 1. The molecule has 0 spiro atoms. The van der Waals surface area contributed by atoms with Gasteiger partial charge >= 0.3 is 0 Å². The van der Waals surface area contributed by atoms with Gasteiger partial charge in [0.05, 0.1) is 4.90 Å². The van der Waals surface area contributed by atoms with Gasteiger partial charge in [-0.3, -0.25) is 9.59 Å². The molecule has 0 bridgehead atoms. The van der Waals surface area contributed by atoms with Gasteiger partial charge in [0.15, 0.2) is 5.13 Å². The molecule has 4 rings (SSSR count). The Kier molecular flexibility index (Phi) is 6.40. The summed E-state index contributed by atoms with van der Waals surface area (Å²) in [6.07, 6.45) is 5.57. The molecule has 0 radical (unpaired) electrons. The van der Waals surface area contributed by atoms with Gasteiger partial charge in [-0.1, -0.05) is 12.5 Å². The first-order valence-electron chi connectivity index (χ1n) is 10.5. The van der Waals surface area contributed by atoms with E-state index in [4.69, 9.17) is 0 Å². The molecule has 8 nitrogen and oxygen atoms in total. The lowest BCUT2D eigenvalue weighted by molar-refractivity contribution is -0.119. The smallest absolute Gasteiger partial charge is 0.254 e. The Morgan fingerprint density at radius 2 is 2.00 bits per heavy atom. The number of thiazole rings is 1. The summed E-state index contributed by atoms with van der Waals surface area (Å²) in [6.45, 7) is 2.86. The maximum Gasteiger partial charge on any atom is 0.254 e. The molecule has 166 valence electrons. The van der Waals surface area contributed by atoms with Gasteiger partial charge in [-0.15, -0.1) is 11.3 Å². The first-order valence-corrected chi connectivity index (χ1v) is 12.8. The van der Waals surface area contributed by atoms with Gasteiger partial charge < -0.3 is 10.2 Å². The van der Waals surface area contributed by atoms with Crippen LogP contribution in [0.4, 0.5) is 5.13 Å². The van der Waals surface area contributed by atoms with Crippen LogP contribution in [0.1, 0.15) is 49.4 Å². The number of nitrogens with zero attached hydrogens (tertiary/aromatic N) is 3. The van der Waals surface area contributed by atoms with E-state index in [1.54, 1.807) is 23.7 Å². The van der Waals surface area contributed by atoms with E-state index in [2.05, 4.69) is 10.3 Å². The van der Waals surface area contributed by atoms with Gasteiger partial charge in [0.2, 0.25) is 15.9 Å². The maximum atomic E-state index is 13.2. The zero-order chi connectivity index (χ0) is 22.0. The Bertz CT molecular complexity index is 1060. The van der Waals surface area contributed by atoms with Crippen molar-refractivity contribution in [2.45, 2.75) is 56.0 Å². The fourth-order valence-electron chi connectivity index (χ4n) is 4.28. The summed E-state index contributed by atoms with van der Waals surface area (Å²) >= 11 is 1.32. The molecular weight excluding hydrogens is 436 g/mol. The van der Waals surface area contributed by atoms with Crippen LogP contribution in [0.3, 0.4) is 0 Å². The van der Waals surface area contributed by atoms with E-state index in [1.165, 1.54) is 32.7 Å². The summed E-state index contributed by atoms with van der Waals surface area (Å²) in [5.74, 6) is -0.604. The van der Waals surface area contributed by atoms with Crippen molar-refractivity contribution in [2.24, 2.45) is 0 Å². The topological polar surface area (TPSA) is 99.7 Å². The number of carbonyl (C=O) groups is 2. The Labute approximate surface area is 186 Å². The van der Waals surface area contributed by atoms with Crippen LogP contribution >= 0.6 is 11.3 Å². The molecule has 2 unspecified atom stereocenters. The highest BCUT2D eigenvalue weighted by Gasteiger charge is 2.36. The summed E-state index contributed by atoms with van der Waals surface area (Å²) in [5, 5.41) is 5.02. The standard InChI is InChI=1S/C21H26N4O4S2/c1-15-6-2-3-12-25(15)31(28,29)17-8-4-7-16(14-17)20(27)24-11-5-9-18(24)19(26)23-21-22-10-13-30-21/h4,7-8,10,13-15,18H,2-3,5-6,9,11-12H2,1H3,(H,22,23,26). The van der Waals surface area contributed by atoms with E-state index in [0.29, 0.717) is 31.1 Å². The van der Waals surface area contributed by atoms with E-state index < -0.39 is 16.1 Å². The number of hydrogen-bond acceptors (Lipinski definition) is 6. The van der Waals surface area contributed by atoms with Gasteiger partial charge in [-0.2, -0.15) is 4.31 Å². The molecule has 2 aliphatic heterocycles. The van der Waals surface area contributed by atoms with Gasteiger partial charge in [0, 0.05) is 36.3 Å². The Hall–Kier alpha value is -2.30. The van der Waals surface area contributed by atoms with E-state index in [1.807, 2.05) is 6.92 Å². The third-order valence-electron chi connectivity index (χ3n) is 5.91. The zero-order valence-electron chi connectivity index (χ0n) is 17.4. The fraction of sp³-hybridized carbons (Fsp3) is 0.476. The van der Waals surface area contributed by atoms with Crippen molar-refractivity contribution in [3.8, 4) is 0 Å². The molecular formula is C21H26N4O4S2. The second-order valence-corrected chi connectivity index (χ2v) is 10.8. The van der Waals surface area contributed by atoms with Crippen molar-refractivity contribution in [3.63, 3.8) is 0 Å². The number of benzene rings is 1. The van der Waals surface area contributed by atoms with Crippen molar-refractivity contribution in [1.29, 1.82) is 0 Å². The highest BCUT2D eigenvalue weighted by molar-refractivity contribution is 7.89. The molecule has 0 aliphatic carbocycles. The van der Waals surface area contributed by atoms with Crippen LogP contribution in [-0.2, 0) is 14.8 Å². The molecule has 31 heavy (non-hydrogen) atoms. The zero-order valence-corrected chi connectivity index (χ0v) is 19.0. The number of piperidine rings is 1. The van der Waals surface area contributed by atoms with Crippen LogP contribution < -0.4 is 5.32 Å². The minimum absolute atomic E-state index is 0.0596. The van der Waals surface area contributed by atoms with Crippen LogP contribution in [-0.4, -0.2) is 59.6 Å². The highest BCUT2D eigenvalue weighted by Crippen LogP contribution is 2.27. The molecule has 2 amide bonds. The van der Waals surface area contributed by atoms with E-state index in [-0.39, 0.29) is 28.3 Å². The summed E-state index contributed by atoms with van der Waals surface area (Å²) in [4.78, 5) is 31.6. The summed E-state index contributed by atoms with van der Waals surface area (Å²) in [5.41, 5.74) is 0.277. The van der Waals surface area contributed by atoms with E-state index in [0.717, 1.165) is 19.3 Å². The molecule has 2 fully saturated rings. The minimum Gasteiger partial charge on any atom is -0.327 e. The Balaban J connectivity index is 1.54. The molecule has 1 aromatic heterocycles. The van der Waals surface area contributed by atoms with Gasteiger partial charge in [0.25, 0.3) is 5.91 Å². The van der Waals surface area contributed by atoms with Crippen molar-refractivity contribution < 1.29 is 18.0 Å². The highest BCUT2D eigenvalue weighted by atomic mass is 32.2. The van der Waals surface area contributed by atoms with Gasteiger partial charge in [-0.05, 0) is 50.8 Å². The number of rotatable bonds is 5. The normalized spacial score (nSPS) is 22.4. The SMILES string of the molecule is CC1CCCCN1S(=O)(=O)c1cccc(C(=O)N2CCCC2C(=O)Nc2nccs2)c1. The van der Waals surface area contributed by atoms with Gasteiger partial charge in [0.1, 0.15) is 6.04 Å². The van der Waals surface area contributed by atoms with Crippen LogP contribution in [0.5, 0.6) is 0 Å². The van der Waals surface area contributed by atoms with Crippen LogP contribution in [0, 0.1) is 0 Å². The number of hydrogen-bond donors (Lipinski definition) is 1. The number of carbonyl (C=O) groups excluding carboxylic acids is 2. The number of aromatic nitrogens is 1. The fourth-order valence-corrected chi connectivity index (χ4v) is 6.55. The van der Waals surface area contributed by atoms with Crippen molar-refractivity contribution in [1.82, 2.24) is 14.2 Å². The molecule has 2 atom stereocenters. The molecule has 3 heterocycles. The van der Waals surface area contributed by atoms with E-state index >= 15 is 0 Å². The molecule has 1 aromatic carbocycles. The first-order chi connectivity index (χ1) is 14.9. The molecule has 1 N–H and O–H groups in total. The number of nitrogens with one attached hydrogen (secondary N) is 1. The maximum absolute atomic E-state index is 13.2. The van der Waals surface area contributed by atoms with Crippen LogP contribution in [0.25, 0.3) is 0 Å². The second kappa shape index (κ2) is 9.05. The quantitative estimate of drug-likeness (QED) is 0.736. The van der Waals surface area contributed by atoms with Crippen LogP contribution in [0.15, 0.2) is 40.7 Å². The summed E-state index contributed by atoms with van der Waals surface area (Å²) < 4.78 is 27.9. The number of amides is 2. The molecule has 10 heteroatoms. The average Bonchev–Trinajstić information content (AvgIpc) is 3.45. The Morgan fingerprint density at radius 1 is 1.16 bits per heavy atom. The lowest BCUT2D eigenvalue weighted by Gasteiger charge is -2.32. The predicted octanol–water partition coefficient (Wildman–Crippen LogP) is 2.95. The third-order valence-corrected chi connectivity index (χ3v) is 8.61. The Morgan fingerprint density at radius 3 is 2.74 bits per heavy atom. The molecule has 2 aromatic rings. The molecule has 2 saturated heterocycles. The van der Waals surface area contributed by atoms with Crippen molar-refractivity contribution >= 4 is 38.3 Å². The van der Waals surface area contributed by atoms with Crippen LogP contribution in [0.2, 0.25) is 0 Å². The third kappa shape index (κ3) is 4.51. The monoisotopic (exact) mass is 462 g/mol. The van der Waals surface area contributed by atoms with Crippen molar-refractivity contribution in [2.75, 3.05) is 18.4 Å². The summed E-state index contributed by atoms with van der Waals surface area (Å²) in [7, 11) is -3.68. The number of likely N-dealkylation sites (tertiary alicyclic amines) is 1. The molecule has 2 aliphatic rings. The van der Waals surface area contributed by atoms with Gasteiger partial charge in [-0.25, -0.2) is 13.4 Å². The first kappa shape index (κ1) is 21.9. The number of sulfonamides is 1. The average molecular weight is 463 g/mol.